The van der Waals surface area contributed by atoms with Crippen LogP contribution in [0.25, 0.3) is 17.2 Å². The van der Waals surface area contributed by atoms with Crippen LogP contribution in [0.2, 0.25) is 0 Å². The number of carbonyl (C=O) groups is 2. The van der Waals surface area contributed by atoms with Crippen molar-refractivity contribution in [3.05, 3.63) is 76.8 Å². The molecule has 192 valence electrons. The van der Waals surface area contributed by atoms with Crippen LogP contribution in [0.5, 0.6) is 17.2 Å². The molecule has 2 N–H and O–H groups in total. The van der Waals surface area contributed by atoms with E-state index in [1.165, 1.54) is 32.7 Å². The minimum Gasteiger partial charge on any atom is -0.493 e. The summed E-state index contributed by atoms with van der Waals surface area (Å²) in [5, 5.41) is 11.8. The lowest BCUT2D eigenvalue weighted by Gasteiger charge is -2.15. The summed E-state index contributed by atoms with van der Waals surface area (Å²) in [5.74, 6) is -0.683. The number of nitrogens with zero attached hydrogens (tertiary/aromatic N) is 1. The molecule has 0 unspecified atom stereocenters. The number of allylic oxidation sites excluding steroid dienone is 2. The highest BCUT2D eigenvalue weighted by molar-refractivity contribution is 6.08. The number of furan rings is 1. The van der Waals surface area contributed by atoms with Crippen LogP contribution in [0.1, 0.15) is 35.8 Å². The van der Waals surface area contributed by atoms with Gasteiger partial charge >= 0.3 is 5.97 Å². The maximum atomic E-state index is 14.2. The monoisotopic (exact) mass is 508 g/mol. The molecule has 4 rings (SSSR count). The zero-order valence-corrected chi connectivity index (χ0v) is 20.5. The van der Waals surface area contributed by atoms with Gasteiger partial charge in [-0.2, -0.15) is 4.39 Å². The number of nitrogens with one attached hydrogen (secondary N) is 1. The Hall–Kier alpha value is -4.60. The highest BCUT2D eigenvalue weighted by Gasteiger charge is 2.27. The Morgan fingerprint density at radius 3 is 2.51 bits per heavy atom. The first-order chi connectivity index (χ1) is 17.8. The van der Waals surface area contributed by atoms with Crippen molar-refractivity contribution in [2.24, 2.45) is 0 Å². The summed E-state index contributed by atoms with van der Waals surface area (Å²) in [6, 6.07) is 8.16. The molecule has 0 saturated heterocycles. The van der Waals surface area contributed by atoms with Gasteiger partial charge in [0.05, 0.1) is 33.4 Å². The topological polar surface area (TPSA) is 120 Å². The van der Waals surface area contributed by atoms with Crippen molar-refractivity contribution in [3.8, 4) is 17.2 Å². The van der Waals surface area contributed by atoms with Gasteiger partial charge in [0, 0.05) is 17.8 Å². The highest BCUT2D eigenvalue weighted by atomic mass is 19.1. The molecule has 2 aromatic heterocycles. The number of carboxylic acid groups (broad SMARTS) is 1. The number of fused-ring (bicyclic) bond motifs is 1. The first-order valence-corrected chi connectivity index (χ1v) is 11.3. The number of methoxy groups -OCH3 is 2. The summed E-state index contributed by atoms with van der Waals surface area (Å²) in [6.45, 7) is 1.54. The van der Waals surface area contributed by atoms with Crippen molar-refractivity contribution >= 4 is 29.1 Å². The molecule has 0 atom stereocenters. The molecule has 1 aliphatic rings. The zero-order valence-electron chi connectivity index (χ0n) is 20.5. The number of hydrogen-bond acceptors (Lipinski definition) is 7. The molecule has 0 saturated carbocycles. The first kappa shape index (κ1) is 25.5. The summed E-state index contributed by atoms with van der Waals surface area (Å²) in [4.78, 5) is 27.5. The van der Waals surface area contributed by atoms with Crippen LogP contribution in [0.4, 0.5) is 4.39 Å². The maximum Gasteiger partial charge on any atom is 0.341 e. The van der Waals surface area contributed by atoms with E-state index in [0.29, 0.717) is 28.0 Å². The van der Waals surface area contributed by atoms with E-state index in [4.69, 9.17) is 23.7 Å². The quantitative estimate of drug-likeness (QED) is 0.389. The summed E-state index contributed by atoms with van der Waals surface area (Å²) in [6.07, 6.45) is 4.84. The van der Waals surface area contributed by atoms with E-state index in [9.17, 15) is 14.0 Å². The maximum absolute atomic E-state index is 14.2. The fraction of sp³-hybridized carbons (Fsp3) is 0.222. The lowest BCUT2D eigenvalue weighted by atomic mass is 10.0. The van der Waals surface area contributed by atoms with Crippen LogP contribution in [0.3, 0.4) is 0 Å². The predicted octanol–water partition coefficient (Wildman–Crippen LogP) is 4.33. The number of aromatic nitrogens is 1. The lowest BCUT2D eigenvalue weighted by molar-refractivity contribution is -0.139. The van der Waals surface area contributed by atoms with Gasteiger partial charge in [0.1, 0.15) is 5.76 Å². The van der Waals surface area contributed by atoms with Gasteiger partial charge in [-0.3, -0.25) is 4.79 Å². The average Bonchev–Trinajstić information content (AvgIpc) is 3.48. The van der Waals surface area contributed by atoms with E-state index in [1.807, 2.05) is 13.0 Å². The van der Waals surface area contributed by atoms with E-state index in [1.54, 1.807) is 24.3 Å². The summed E-state index contributed by atoms with van der Waals surface area (Å²) in [5.41, 5.74) is 4.12. The lowest BCUT2D eigenvalue weighted by Crippen LogP contribution is -2.22. The molecule has 0 radical (unpaired) electrons. The van der Waals surface area contributed by atoms with Crippen molar-refractivity contribution in [2.75, 3.05) is 20.8 Å². The number of hydrogen-bond donors (Lipinski definition) is 2. The van der Waals surface area contributed by atoms with E-state index < -0.39 is 18.5 Å². The van der Waals surface area contributed by atoms with Crippen molar-refractivity contribution < 1.29 is 37.7 Å². The number of carboxylic acids is 1. The van der Waals surface area contributed by atoms with Gasteiger partial charge in [0.25, 0.3) is 0 Å². The molecule has 37 heavy (non-hydrogen) atoms. The molecule has 0 fully saturated rings. The van der Waals surface area contributed by atoms with Crippen molar-refractivity contribution in [2.45, 2.75) is 19.9 Å². The van der Waals surface area contributed by atoms with Crippen molar-refractivity contribution in [1.29, 1.82) is 0 Å². The van der Waals surface area contributed by atoms with Crippen LogP contribution in [-0.4, -0.2) is 42.8 Å². The Morgan fingerprint density at radius 1 is 1.16 bits per heavy atom. The SMILES string of the molecule is COc1cc(/C=C2/C(C)=C(CC(=O)NCc3ccco3)c3cnc(F)cc32)cc(OC)c1OCC(=O)O. The third-order valence-electron chi connectivity index (χ3n) is 5.85. The number of halogens is 1. The standard InChI is InChI=1S/C27H25FN2O7/c1-15-18(7-16-8-22(34-2)27(23(9-16)35-3)37-14-26(32)33)20-10-24(28)29-13-21(20)19(15)11-25(31)30-12-17-5-4-6-36-17/h4-10,13H,11-12,14H2,1-3H3,(H,30,31)(H,32,33)/b18-7-. The molecule has 10 heteroatoms. The fourth-order valence-electron chi connectivity index (χ4n) is 4.12. The second-order valence-electron chi connectivity index (χ2n) is 8.18. The molecule has 3 aromatic rings. The minimum atomic E-state index is -1.14. The van der Waals surface area contributed by atoms with Crippen LogP contribution in [0, 0.1) is 5.95 Å². The van der Waals surface area contributed by atoms with E-state index in [0.717, 1.165) is 11.1 Å². The van der Waals surface area contributed by atoms with Crippen LogP contribution in [0.15, 0.2) is 52.8 Å². The molecule has 1 aliphatic carbocycles. The largest absolute Gasteiger partial charge is 0.493 e. The Morgan fingerprint density at radius 2 is 1.89 bits per heavy atom. The first-order valence-electron chi connectivity index (χ1n) is 11.3. The number of benzene rings is 1. The number of amides is 1. The number of carbonyl (C=O) groups excluding carboxylic acids is 1. The molecule has 1 amide bonds. The Kier molecular flexibility index (Phi) is 7.57. The van der Waals surface area contributed by atoms with E-state index in [2.05, 4.69) is 10.3 Å². The predicted molar refractivity (Wildman–Crippen MR) is 133 cm³/mol. The Balaban J connectivity index is 1.70. The number of rotatable bonds is 10. The van der Waals surface area contributed by atoms with Gasteiger partial charge in [-0.25, -0.2) is 9.78 Å². The zero-order chi connectivity index (χ0) is 26.5. The Labute approximate surface area is 212 Å². The molecule has 9 nitrogen and oxygen atoms in total. The summed E-state index contributed by atoms with van der Waals surface area (Å²) < 4.78 is 35.6. The van der Waals surface area contributed by atoms with Crippen molar-refractivity contribution in [1.82, 2.24) is 10.3 Å². The molecular formula is C27H25FN2O7. The van der Waals surface area contributed by atoms with Crippen LogP contribution < -0.4 is 19.5 Å². The number of ether oxygens (including phenoxy) is 3. The fourth-order valence-corrected chi connectivity index (χ4v) is 4.12. The highest BCUT2D eigenvalue weighted by Crippen LogP contribution is 2.45. The molecule has 2 heterocycles. The molecular weight excluding hydrogens is 483 g/mol. The molecule has 0 bridgehead atoms. The number of pyridine rings is 1. The van der Waals surface area contributed by atoms with Crippen LogP contribution in [-0.2, 0) is 16.1 Å². The summed E-state index contributed by atoms with van der Waals surface area (Å²) in [7, 11) is 2.85. The van der Waals surface area contributed by atoms with E-state index >= 15 is 0 Å². The smallest absolute Gasteiger partial charge is 0.341 e. The normalized spacial score (nSPS) is 13.5. The van der Waals surface area contributed by atoms with Gasteiger partial charge in [-0.05, 0) is 65.1 Å². The van der Waals surface area contributed by atoms with Gasteiger partial charge in [0.15, 0.2) is 18.1 Å². The van der Waals surface area contributed by atoms with Gasteiger partial charge in [0.2, 0.25) is 17.6 Å². The van der Waals surface area contributed by atoms with Crippen LogP contribution >= 0.6 is 0 Å². The third-order valence-corrected chi connectivity index (χ3v) is 5.85. The van der Waals surface area contributed by atoms with Crippen molar-refractivity contribution in [3.63, 3.8) is 0 Å². The molecule has 0 aliphatic heterocycles. The van der Waals surface area contributed by atoms with Gasteiger partial charge in [-0.15, -0.1) is 0 Å². The second-order valence-corrected chi connectivity index (χ2v) is 8.18. The number of aliphatic carboxylic acids is 1. The second kappa shape index (κ2) is 11.0. The molecule has 0 spiro atoms. The van der Waals surface area contributed by atoms with Gasteiger partial charge in [-0.1, -0.05) is 0 Å². The average molecular weight is 509 g/mol. The minimum absolute atomic E-state index is 0.0683. The Bertz CT molecular complexity index is 1370. The van der Waals surface area contributed by atoms with E-state index in [-0.39, 0.29) is 36.1 Å². The van der Waals surface area contributed by atoms with Gasteiger partial charge < -0.3 is 29.1 Å². The molecule has 1 aromatic carbocycles. The third kappa shape index (κ3) is 5.64. The summed E-state index contributed by atoms with van der Waals surface area (Å²) >= 11 is 0.